The largest absolute Gasteiger partial charge is 0.506 e. The van der Waals surface area contributed by atoms with Crippen LogP contribution in [0.15, 0.2) is 58.4 Å². The molecule has 0 bridgehead atoms. The fourth-order valence-electron chi connectivity index (χ4n) is 2.43. The van der Waals surface area contributed by atoms with Crippen LogP contribution >= 0.6 is 0 Å². The number of aromatic hydroxyl groups is 1. The number of ether oxygens (including phenoxy) is 1. The van der Waals surface area contributed by atoms with Crippen molar-refractivity contribution in [1.29, 1.82) is 0 Å². The summed E-state index contributed by atoms with van der Waals surface area (Å²) in [6.45, 7) is 0. The number of aromatic nitrogens is 1. The summed E-state index contributed by atoms with van der Waals surface area (Å²) in [5.74, 6) is -0.605. The number of nitrogens with zero attached hydrogens (tertiary/aromatic N) is 1. The number of carbonyl (C=O) groups excluding carboxylic acids is 1. The van der Waals surface area contributed by atoms with Crippen molar-refractivity contribution in [2.45, 2.75) is 0 Å². The molecule has 1 amide bonds. The van der Waals surface area contributed by atoms with Gasteiger partial charge in [-0.1, -0.05) is 24.3 Å². The maximum absolute atomic E-state index is 12.2. The van der Waals surface area contributed by atoms with Crippen molar-refractivity contribution in [1.82, 2.24) is 10.4 Å². The minimum Gasteiger partial charge on any atom is -0.506 e. The first-order valence-electron chi connectivity index (χ1n) is 7.42. The van der Waals surface area contributed by atoms with Crippen LogP contribution in [0.25, 0.3) is 10.9 Å². The number of methoxy groups -OCH3 is 1. The fraction of sp³-hybridized carbons (Fsp3) is 0.0556. The van der Waals surface area contributed by atoms with Crippen molar-refractivity contribution in [3.8, 4) is 11.5 Å². The van der Waals surface area contributed by atoms with Gasteiger partial charge in [0.2, 0.25) is 0 Å². The second kappa shape index (κ2) is 6.88. The smallest absolute Gasteiger partial charge is 0.280 e. The van der Waals surface area contributed by atoms with Gasteiger partial charge < -0.3 is 14.8 Å². The van der Waals surface area contributed by atoms with Crippen LogP contribution < -0.4 is 15.7 Å². The zero-order valence-electron chi connectivity index (χ0n) is 13.3. The average Bonchev–Trinajstić information content (AvgIpc) is 2.62. The summed E-state index contributed by atoms with van der Waals surface area (Å²) in [7, 11) is 1.53. The Morgan fingerprint density at radius 2 is 1.92 bits per heavy atom. The van der Waals surface area contributed by atoms with E-state index in [-0.39, 0.29) is 5.75 Å². The van der Waals surface area contributed by atoms with E-state index in [4.69, 9.17) is 4.74 Å². The summed E-state index contributed by atoms with van der Waals surface area (Å²) in [6, 6.07) is 13.8. The lowest BCUT2D eigenvalue weighted by molar-refractivity contribution is 0.0951. The minimum atomic E-state index is -0.810. The van der Waals surface area contributed by atoms with Crippen LogP contribution in [0.5, 0.6) is 11.5 Å². The minimum absolute atomic E-state index is 0.376. The summed E-state index contributed by atoms with van der Waals surface area (Å²) in [5, 5.41) is 14.4. The van der Waals surface area contributed by atoms with Gasteiger partial charge in [-0.25, -0.2) is 5.43 Å². The van der Waals surface area contributed by atoms with E-state index in [9.17, 15) is 14.7 Å². The molecular formula is C18H15N3O4. The Kier molecular flexibility index (Phi) is 4.47. The Morgan fingerprint density at radius 1 is 1.20 bits per heavy atom. The molecule has 0 atom stereocenters. The number of para-hydroxylation sites is 2. The molecule has 1 heterocycles. The first-order valence-corrected chi connectivity index (χ1v) is 7.42. The molecule has 1 aromatic heterocycles. The van der Waals surface area contributed by atoms with E-state index in [0.717, 1.165) is 0 Å². The third-order valence-corrected chi connectivity index (χ3v) is 3.63. The number of hydrogen-bond donors (Lipinski definition) is 3. The van der Waals surface area contributed by atoms with Crippen LogP contribution in [0.3, 0.4) is 0 Å². The molecule has 0 spiro atoms. The van der Waals surface area contributed by atoms with Crippen LogP contribution in [0.4, 0.5) is 0 Å². The number of hydrogen-bond acceptors (Lipinski definition) is 5. The van der Waals surface area contributed by atoms with E-state index < -0.39 is 17.0 Å². The highest BCUT2D eigenvalue weighted by Gasteiger charge is 2.18. The van der Waals surface area contributed by atoms with Crippen LogP contribution in [0.1, 0.15) is 15.9 Å². The van der Waals surface area contributed by atoms with E-state index in [1.54, 1.807) is 48.5 Å². The van der Waals surface area contributed by atoms with Crippen LogP contribution in [0, 0.1) is 0 Å². The summed E-state index contributed by atoms with van der Waals surface area (Å²) in [5.41, 5.74) is 2.25. The molecule has 7 heteroatoms. The number of nitrogens with one attached hydrogen (secondary N) is 2. The monoisotopic (exact) mass is 337 g/mol. The first-order chi connectivity index (χ1) is 12.1. The maximum Gasteiger partial charge on any atom is 0.280 e. The number of rotatable bonds is 4. The number of pyridine rings is 1. The lowest BCUT2D eigenvalue weighted by Gasteiger charge is -2.06. The number of H-pyrrole nitrogens is 1. The molecule has 7 nitrogen and oxygen atoms in total. The molecule has 0 aliphatic carbocycles. The molecule has 3 aromatic rings. The molecule has 3 N–H and O–H groups in total. The van der Waals surface area contributed by atoms with Crippen molar-refractivity contribution >= 4 is 23.0 Å². The van der Waals surface area contributed by atoms with Gasteiger partial charge in [-0.2, -0.15) is 5.10 Å². The third kappa shape index (κ3) is 3.20. The lowest BCUT2D eigenvalue weighted by atomic mass is 10.1. The highest BCUT2D eigenvalue weighted by atomic mass is 16.5. The Labute approximate surface area is 142 Å². The van der Waals surface area contributed by atoms with Gasteiger partial charge in [-0.3, -0.25) is 9.59 Å². The van der Waals surface area contributed by atoms with Crippen molar-refractivity contribution in [2.24, 2.45) is 5.10 Å². The lowest BCUT2D eigenvalue weighted by Crippen LogP contribution is -2.26. The summed E-state index contributed by atoms with van der Waals surface area (Å²) < 4.78 is 5.17. The predicted octanol–water partition coefficient (Wildman–Crippen LogP) is 2.01. The van der Waals surface area contributed by atoms with Gasteiger partial charge in [-0.15, -0.1) is 0 Å². The number of benzene rings is 2. The molecule has 0 saturated carbocycles. The third-order valence-electron chi connectivity index (χ3n) is 3.63. The average molecular weight is 337 g/mol. The van der Waals surface area contributed by atoms with E-state index in [2.05, 4.69) is 15.5 Å². The zero-order chi connectivity index (χ0) is 17.8. The van der Waals surface area contributed by atoms with Crippen molar-refractivity contribution in [3.63, 3.8) is 0 Å². The highest BCUT2D eigenvalue weighted by molar-refractivity contribution is 6.02. The van der Waals surface area contributed by atoms with Crippen LogP contribution in [0.2, 0.25) is 0 Å². The molecule has 2 aromatic carbocycles. The van der Waals surface area contributed by atoms with E-state index >= 15 is 0 Å². The van der Waals surface area contributed by atoms with E-state index in [1.807, 2.05) is 0 Å². The van der Waals surface area contributed by atoms with Crippen molar-refractivity contribution in [2.75, 3.05) is 7.11 Å². The number of hydrazone groups is 1. The topological polar surface area (TPSA) is 104 Å². The quantitative estimate of drug-likeness (QED) is 0.500. The molecular weight excluding hydrogens is 322 g/mol. The Balaban J connectivity index is 1.88. The molecule has 0 unspecified atom stereocenters. The van der Waals surface area contributed by atoms with Crippen molar-refractivity contribution < 1.29 is 14.6 Å². The number of aromatic amines is 1. The molecule has 0 fully saturated rings. The van der Waals surface area contributed by atoms with Gasteiger partial charge in [0.05, 0.1) is 18.8 Å². The van der Waals surface area contributed by atoms with Crippen molar-refractivity contribution in [3.05, 3.63) is 70.0 Å². The predicted molar refractivity (Wildman–Crippen MR) is 94.3 cm³/mol. The van der Waals surface area contributed by atoms with Gasteiger partial charge in [0.1, 0.15) is 17.1 Å². The number of amides is 1. The number of carbonyl (C=O) groups is 1. The molecule has 3 rings (SSSR count). The summed E-state index contributed by atoms with van der Waals surface area (Å²) in [4.78, 5) is 26.9. The summed E-state index contributed by atoms with van der Waals surface area (Å²) >= 11 is 0. The SMILES string of the molecule is COc1ccccc1/C=N/NC(=O)c1c(O)c2ccccc2[nH]c1=O. The normalized spacial score (nSPS) is 10.9. The van der Waals surface area contributed by atoms with Gasteiger partial charge in [0.25, 0.3) is 11.5 Å². The molecule has 0 saturated heterocycles. The van der Waals surface area contributed by atoms with Gasteiger partial charge in [0.15, 0.2) is 0 Å². The maximum atomic E-state index is 12.2. The second-order valence-electron chi connectivity index (χ2n) is 5.16. The van der Waals surface area contributed by atoms with Gasteiger partial charge >= 0.3 is 0 Å². The highest BCUT2D eigenvalue weighted by Crippen LogP contribution is 2.24. The summed E-state index contributed by atoms with van der Waals surface area (Å²) in [6.07, 6.45) is 1.39. The Hall–Kier alpha value is -3.61. The molecule has 126 valence electrons. The molecule has 0 aliphatic rings. The zero-order valence-corrected chi connectivity index (χ0v) is 13.3. The standard InChI is InChI=1S/C18H15N3O4/c1-25-14-9-5-2-6-11(14)10-19-21-18(24)15-16(22)12-7-3-4-8-13(12)20-17(15)23/h2-10H,1H3,(H,21,24)(H2,20,22,23)/b19-10+. The fourth-order valence-corrected chi connectivity index (χ4v) is 2.43. The first kappa shape index (κ1) is 16.3. The molecule has 25 heavy (non-hydrogen) atoms. The van der Waals surface area contributed by atoms with Gasteiger partial charge in [0, 0.05) is 10.9 Å². The number of fused-ring (bicyclic) bond motifs is 1. The van der Waals surface area contributed by atoms with Crippen LogP contribution in [-0.4, -0.2) is 29.3 Å². The second-order valence-corrected chi connectivity index (χ2v) is 5.16. The van der Waals surface area contributed by atoms with Gasteiger partial charge in [-0.05, 0) is 24.3 Å². The van der Waals surface area contributed by atoms with E-state index in [1.165, 1.54) is 13.3 Å². The molecule has 0 radical (unpaired) electrons. The van der Waals surface area contributed by atoms with Crippen LogP contribution in [-0.2, 0) is 0 Å². The Bertz CT molecular complexity index is 1020. The molecule has 0 aliphatic heterocycles. The van der Waals surface area contributed by atoms with E-state index in [0.29, 0.717) is 22.2 Å². The Morgan fingerprint density at radius 3 is 2.72 bits per heavy atom.